The summed E-state index contributed by atoms with van der Waals surface area (Å²) in [6.07, 6.45) is 9.10. The Labute approximate surface area is 302 Å². The minimum absolute atomic E-state index is 0.0512. The van der Waals surface area contributed by atoms with Crippen LogP contribution in [0.5, 0.6) is 0 Å². The van der Waals surface area contributed by atoms with Gasteiger partial charge in [-0.2, -0.15) is 0 Å². The molecule has 0 radical (unpaired) electrons. The van der Waals surface area contributed by atoms with Crippen molar-refractivity contribution in [2.24, 2.45) is 0 Å². The summed E-state index contributed by atoms with van der Waals surface area (Å²) in [7, 11) is 0. The molecule has 52 heavy (non-hydrogen) atoms. The lowest BCUT2D eigenvalue weighted by Gasteiger charge is -2.35. The summed E-state index contributed by atoms with van der Waals surface area (Å²) in [4.78, 5) is 13.2. The van der Waals surface area contributed by atoms with E-state index in [0.717, 1.165) is 28.1 Å². The van der Waals surface area contributed by atoms with E-state index in [4.69, 9.17) is 9.97 Å². The number of allylic oxidation sites excluding steroid dienone is 2. The molecule has 0 N–H and O–H groups in total. The monoisotopic (exact) mass is 663 g/mol. The van der Waals surface area contributed by atoms with Gasteiger partial charge < -0.3 is 4.90 Å². The highest BCUT2D eigenvalue weighted by Crippen LogP contribution is 2.61. The van der Waals surface area contributed by atoms with Crippen molar-refractivity contribution >= 4 is 33.3 Å². The van der Waals surface area contributed by atoms with Gasteiger partial charge in [-0.05, 0) is 74.0 Å². The van der Waals surface area contributed by atoms with Crippen LogP contribution >= 0.6 is 0 Å². The number of anilines is 2. The van der Waals surface area contributed by atoms with Crippen molar-refractivity contribution in [2.45, 2.75) is 17.4 Å². The van der Waals surface area contributed by atoms with Crippen LogP contribution in [0, 0.1) is 0 Å². The molecule has 1 aliphatic heterocycles. The van der Waals surface area contributed by atoms with E-state index in [1.807, 2.05) is 6.07 Å². The van der Waals surface area contributed by atoms with Crippen molar-refractivity contribution in [1.82, 2.24) is 9.97 Å². The lowest BCUT2D eigenvalue weighted by Crippen LogP contribution is -2.31. The highest BCUT2D eigenvalue weighted by molar-refractivity contribution is 6.05. The molecule has 244 valence electrons. The molecule has 2 unspecified atom stereocenters. The molecule has 1 aromatic heterocycles. The Bertz CT molecular complexity index is 2710. The molecular formula is C49H33N3. The van der Waals surface area contributed by atoms with E-state index in [-0.39, 0.29) is 12.0 Å². The number of hydrogen-bond acceptors (Lipinski definition) is 3. The van der Waals surface area contributed by atoms with Crippen molar-refractivity contribution < 1.29 is 0 Å². The number of rotatable bonds is 4. The van der Waals surface area contributed by atoms with Crippen molar-refractivity contribution in [3.05, 3.63) is 216 Å². The molecule has 0 saturated heterocycles. The van der Waals surface area contributed by atoms with Crippen LogP contribution in [0.3, 0.4) is 0 Å². The predicted octanol–water partition coefficient (Wildman–Crippen LogP) is 11.5. The minimum Gasteiger partial charge on any atom is -0.316 e. The number of para-hydroxylation sites is 2. The largest absolute Gasteiger partial charge is 0.316 e. The maximum Gasteiger partial charge on any atom is 0.160 e. The van der Waals surface area contributed by atoms with E-state index in [0.29, 0.717) is 0 Å². The number of fused-ring (bicyclic) bond motifs is 9. The molecule has 11 rings (SSSR count). The van der Waals surface area contributed by atoms with E-state index < -0.39 is 5.41 Å². The predicted molar refractivity (Wildman–Crippen MR) is 213 cm³/mol. The first-order valence-corrected chi connectivity index (χ1v) is 18.1. The summed E-state index contributed by atoms with van der Waals surface area (Å²) >= 11 is 0. The van der Waals surface area contributed by atoms with Crippen molar-refractivity contribution in [3.63, 3.8) is 0 Å². The molecule has 0 saturated carbocycles. The second kappa shape index (κ2) is 11.2. The molecule has 0 spiro atoms. The topological polar surface area (TPSA) is 29.0 Å². The molecular weight excluding hydrogens is 631 g/mol. The van der Waals surface area contributed by atoms with Crippen LogP contribution in [0.4, 0.5) is 11.5 Å². The highest BCUT2D eigenvalue weighted by Gasteiger charge is 2.49. The van der Waals surface area contributed by atoms with Crippen LogP contribution in [0.25, 0.3) is 44.2 Å². The van der Waals surface area contributed by atoms with Gasteiger partial charge in [-0.3, -0.25) is 0 Å². The van der Waals surface area contributed by atoms with Crippen LogP contribution in [0.2, 0.25) is 0 Å². The molecule has 7 aromatic carbocycles. The van der Waals surface area contributed by atoms with E-state index in [9.17, 15) is 0 Å². The number of benzene rings is 7. The molecule has 3 nitrogen and oxygen atoms in total. The highest BCUT2D eigenvalue weighted by atomic mass is 15.3. The molecule has 2 atom stereocenters. The Hall–Kier alpha value is -6.58. The number of aromatic nitrogens is 2. The van der Waals surface area contributed by atoms with Gasteiger partial charge in [-0.15, -0.1) is 0 Å². The van der Waals surface area contributed by atoms with Gasteiger partial charge >= 0.3 is 0 Å². The van der Waals surface area contributed by atoms with Crippen LogP contribution < -0.4 is 4.90 Å². The second-order valence-corrected chi connectivity index (χ2v) is 14.1. The summed E-state index contributed by atoms with van der Waals surface area (Å²) in [5, 5.41) is 2.54. The summed E-state index contributed by atoms with van der Waals surface area (Å²) in [5.41, 5.74) is 13.4. The molecule has 2 aliphatic carbocycles. The summed E-state index contributed by atoms with van der Waals surface area (Å²) in [6.45, 7) is 0. The van der Waals surface area contributed by atoms with Crippen molar-refractivity contribution in [3.8, 4) is 22.4 Å². The molecule has 0 amide bonds. The van der Waals surface area contributed by atoms with Gasteiger partial charge in [0.1, 0.15) is 5.69 Å². The summed E-state index contributed by atoms with van der Waals surface area (Å²) in [6, 6.07) is 59.6. The Balaban J connectivity index is 1.27. The maximum atomic E-state index is 5.46. The quantitative estimate of drug-likeness (QED) is 0.188. The summed E-state index contributed by atoms with van der Waals surface area (Å²) in [5.74, 6) is 1.04. The Morgan fingerprint density at radius 2 is 1.17 bits per heavy atom. The smallest absolute Gasteiger partial charge is 0.160 e. The minimum atomic E-state index is -0.533. The Kier molecular flexibility index (Phi) is 6.29. The molecule has 0 bridgehead atoms. The lowest BCUT2D eigenvalue weighted by molar-refractivity contribution is 0.738. The van der Waals surface area contributed by atoms with E-state index in [1.54, 1.807) is 0 Å². The van der Waals surface area contributed by atoms with E-state index in [2.05, 4.69) is 187 Å². The van der Waals surface area contributed by atoms with Crippen LogP contribution in [0.15, 0.2) is 188 Å². The standard InChI is InChI=1S/C49H33N3/c1-4-17-33(18-5-1)47-48(51-43-26-14-13-25-42(43)50-47)52-44-27-15-12-24-37(44)38-30-39-41(31-45(38)52)49(34-19-6-2-7-20-34,35-21-8-3-9-22-35)40-29-28-32-16-10-11-23-36(32)46(39)40/h1-31,37,44H. The fraction of sp³-hybridized carbons (Fsp3) is 0.0612. The zero-order valence-electron chi connectivity index (χ0n) is 28.4. The fourth-order valence-electron chi connectivity index (χ4n) is 9.28. The first-order valence-electron chi connectivity index (χ1n) is 18.1. The third kappa shape index (κ3) is 4.02. The molecule has 2 heterocycles. The lowest BCUT2D eigenvalue weighted by atomic mass is 9.67. The molecule has 3 aliphatic rings. The summed E-state index contributed by atoms with van der Waals surface area (Å²) < 4.78 is 0. The average molecular weight is 664 g/mol. The van der Waals surface area contributed by atoms with Crippen LogP contribution in [0.1, 0.15) is 33.7 Å². The zero-order chi connectivity index (χ0) is 34.2. The Morgan fingerprint density at radius 3 is 1.92 bits per heavy atom. The van der Waals surface area contributed by atoms with Crippen molar-refractivity contribution in [2.75, 3.05) is 4.90 Å². The second-order valence-electron chi connectivity index (χ2n) is 14.1. The van der Waals surface area contributed by atoms with Gasteiger partial charge in [0.2, 0.25) is 0 Å². The van der Waals surface area contributed by atoms with Crippen LogP contribution in [-0.2, 0) is 5.41 Å². The number of hydrogen-bond donors (Lipinski definition) is 0. The number of nitrogens with zero attached hydrogens (tertiary/aromatic N) is 3. The van der Waals surface area contributed by atoms with Crippen molar-refractivity contribution in [1.29, 1.82) is 0 Å². The normalized spacial score (nSPS) is 17.6. The van der Waals surface area contributed by atoms with E-state index >= 15 is 0 Å². The molecule has 8 aromatic rings. The zero-order valence-corrected chi connectivity index (χ0v) is 28.4. The third-order valence-corrected chi connectivity index (χ3v) is 11.4. The van der Waals surface area contributed by atoms with Gasteiger partial charge in [0.15, 0.2) is 5.82 Å². The van der Waals surface area contributed by atoms with E-state index in [1.165, 1.54) is 55.4 Å². The third-order valence-electron chi connectivity index (χ3n) is 11.4. The Morgan fingerprint density at radius 1 is 0.538 bits per heavy atom. The van der Waals surface area contributed by atoms with Gasteiger partial charge in [0.05, 0.1) is 22.5 Å². The first-order chi connectivity index (χ1) is 25.8. The SMILES string of the molecule is C1=CC2c3cc4c(cc3N(c3nc5ccccc5nc3-c3ccccc3)C2C=C1)C(c1ccccc1)(c1ccccc1)c1ccc2ccccc2c1-4. The van der Waals surface area contributed by atoms with Crippen LogP contribution in [-0.4, -0.2) is 16.0 Å². The van der Waals surface area contributed by atoms with Gasteiger partial charge in [-0.1, -0.05) is 164 Å². The van der Waals surface area contributed by atoms with Gasteiger partial charge in [-0.25, -0.2) is 9.97 Å². The average Bonchev–Trinajstić information content (AvgIpc) is 3.70. The maximum absolute atomic E-state index is 5.46. The molecule has 3 heteroatoms. The van der Waals surface area contributed by atoms with Gasteiger partial charge in [0, 0.05) is 17.2 Å². The molecule has 0 fully saturated rings. The fourth-order valence-corrected chi connectivity index (χ4v) is 9.28. The van der Waals surface area contributed by atoms with Gasteiger partial charge in [0.25, 0.3) is 0 Å². The first kappa shape index (κ1) is 29.2.